The maximum atomic E-state index is 14.6. The van der Waals surface area contributed by atoms with Crippen molar-refractivity contribution in [1.82, 2.24) is 24.9 Å². The lowest BCUT2D eigenvalue weighted by molar-refractivity contribution is -0.136. The molecule has 2 saturated heterocycles. The first-order chi connectivity index (χ1) is 17.4. The van der Waals surface area contributed by atoms with Gasteiger partial charge in [0.15, 0.2) is 0 Å². The fourth-order valence-electron chi connectivity index (χ4n) is 5.97. The van der Waals surface area contributed by atoms with Crippen molar-refractivity contribution in [2.45, 2.75) is 50.7 Å². The molecule has 1 unspecified atom stereocenters. The smallest absolute Gasteiger partial charge is 0.255 e. The fourth-order valence-corrected chi connectivity index (χ4v) is 5.97. The Labute approximate surface area is 208 Å². The van der Waals surface area contributed by atoms with E-state index in [1.807, 2.05) is 17.9 Å². The number of amides is 3. The highest BCUT2D eigenvalue weighted by molar-refractivity contribution is 6.05. The molecule has 2 aromatic carbocycles. The monoisotopic (exact) mass is 489 g/mol. The first-order valence-electron chi connectivity index (χ1n) is 12.5. The molecule has 186 valence electrons. The number of aromatic nitrogens is 2. The minimum absolute atomic E-state index is 0.153. The van der Waals surface area contributed by atoms with E-state index in [-0.39, 0.29) is 30.7 Å². The molecule has 0 spiro atoms. The van der Waals surface area contributed by atoms with Gasteiger partial charge in [-0.1, -0.05) is 12.1 Å². The second-order valence-electron chi connectivity index (χ2n) is 10.1. The molecule has 0 saturated carbocycles. The summed E-state index contributed by atoms with van der Waals surface area (Å²) in [7, 11) is 1.95. The second-order valence-corrected chi connectivity index (χ2v) is 10.1. The zero-order valence-electron chi connectivity index (χ0n) is 20.2. The molecule has 3 aromatic rings. The van der Waals surface area contributed by atoms with Gasteiger partial charge in [0, 0.05) is 37.5 Å². The lowest BCUT2D eigenvalue weighted by atomic mass is 9.85. The Morgan fingerprint density at radius 3 is 2.67 bits per heavy atom. The first-order valence-corrected chi connectivity index (χ1v) is 12.5. The summed E-state index contributed by atoms with van der Waals surface area (Å²) < 4.78 is 16.5. The zero-order chi connectivity index (χ0) is 25.0. The van der Waals surface area contributed by atoms with Crippen LogP contribution in [0, 0.1) is 5.82 Å². The summed E-state index contributed by atoms with van der Waals surface area (Å²) in [5.41, 5.74) is 4.40. The molecule has 1 aromatic heterocycles. The highest BCUT2D eigenvalue weighted by atomic mass is 19.1. The second kappa shape index (κ2) is 8.81. The third-order valence-electron chi connectivity index (χ3n) is 7.90. The molecule has 3 aliphatic rings. The van der Waals surface area contributed by atoms with E-state index in [0.29, 0.717) is 12.0 Å². The molecule has 6 rings (SSSR count). The van der Waals surface area contributed by atoms with E-state index in [4.69, 9.17) is 0 Å². The average molecular weight is 490 g/mol. The van der Waals surface area contributed by atoms with Crippen molar-refractivity contribution in [2.24, 2.45) is 7.05 Å². The van der Waals surface area contributed by atoms with Gasteiger partial charge in [0.2, 0.25) is 11.8 Å². The van der Waals surface area contributed by atoms with Gasteiger partial charge in [0.25, 0.3) is 5.91 Å². The zero-order valence-corrected chi connectivity index (χ0v) is 20.2. The largest absolute Gasteiger partial charge is 0.322 e. The highest BCUT2D eigenvalue weighted by Crippen LogP contribution is 2.38. The van der Waals surface area contributed by atoms with Crippen LogP contribution in [0.5, 0.6) is 0 Å². The summed E-state index contributed by atoms with van der Waals surface area (Å²) in [5.74, 6) is -1.37. The Hall–Kier alpha value is -3.59. The van der Waals surface area contributed by atoms with E-state index >= 15 is 0 Å². The number of halogens is 1. The predicted molar refractivity (Wildman–Crippen MR) is 130 cm³/mol. The van der Waals surface area contributed by atoms with Gasteiger partial charge in [-0.15, -0.1) is 0 Å². The number of piperidine rings is 2. The number of carbonyl (C=O) groups is 3. The van der Waals surface area contributed by atoms with Crippen LogP contribution in [0.1, 0.15) is 58.6 Å². The lowest BCUT2D eigenvalue weighted by Crippen LogP contribution is -2.52. The molecule has 1 N–H and O–H groups in total. The van der Waals surface area contributed by atoms with E-state index in [9.17, 15) is 18.8 Å². The molecular formula is C27H28FN5O3. The Morgan fingerprint density at radius 1 is 1.08 bits per heavy atom. The van der Waals surface area contributed by atoms with Gasteiger partial charge in [-0.2, -0.15) is 5.10 Å². The minimum Gasteiger partial charge on any atom is -0.322 e. The van der Waals surface area contributed by atoms with Crippen molar-refractivity contribution in [2.75, 3.05) is 13.1 Å². The van der Waals surface area contributed by atoms with Crippen LogP contribution in [0.3, 0.4) is 0 Å². The summed E-state index contributed by atoms with van der Waals surface area (Å²) in [4.78, 5) is 41.0. The van der Waals surface area contributed by atoms with Crippen LogP contribution in [-0.4, -0.2) is 56.4 Å². The Morgan fingerprint density at radius 2 is 1.89 bits per heavy atom. The number of fused-ring (bicyclic) bond motifs is 2. The van der Waals surface area contributed by atoms with Gasteiger partial charge in [-0.25, -0.2) is 4.39 Å². The van der Waals surface area contributed by atoms with Crippen molar-refractivity contribution < 1.29 is 18.8 Å². The van der Waals surface area contributed by atoms with Crippen molar-refractivity contribution >= 4 is 28.6 Å². The lowest BCUT2D eigenvalue weighted by Gasteiger charge is -2.33. The molecule has 8 nitrogen and oxygen atoms in total. The van der Waals surface area contributed by atoms with Gasteiger partial charge >= 0.3 is 0 Å². The summed E-state index contributed by atoms with van der Waals surface area (Å²) >= 11 is 0. The Bertz CT molecular complexity index is 1390. The van der Waals surface area contributed by atoms with Crippen LogP contribution >= 0.6 is 0 Å². The van der Waals surface area contributed by atoms with Crippen molar-refractivity contribution in [3.8, 4) is 0 Å². The maximum Gasteiger partial charge on any atom is 0.255 e. The van der Waals surface area contributed by atoms with E-state index in [1.165, 1.54) is 16.5 Å². The van der Waals surface area contributed by atoms with Crippen molar-refractivity contribution in [3.05, 3.63) is 64.6 Å². The number of likely N-dealkylation sites (tertiary alicyclic amines) is 1. The maximum absolute atomic E-state index is 14.6. The molecule has 0 radical (unpaired) electrons. The number of imide groups is 1. The summed E-state index contributed by atoms with van der Waals surface area (Å²) in [6, 6.07) is 8.59. The van der Waals surface area contributed by atoms with E-state index in [2.05, 4.69) is 33.5 Å². The van der Waals surface area contributed by atoms with Crippen LogP contribution in [-0.2, 0) is 29.7 Å². The average Bonchev–Trinajstić information content (AvgIpc) is 3.39. The van der Waals surface area contributed by atoms with Crippen LogP contribution in [0.4, 0.5) is 4.39 Å². The highest BCUT2D eigenvalue weighted by Gasteiger charge is 2.41. The molecule has 1 atom stereocenters. The van der Waals surface area contributed by atoms with Crippen LogP contribution in [0.15, 0.2) is 36.5 Å². The number of benzene rings is 2. The van der Waals surface area contributed by atoms with Crippen molar-refractivity contribution in [1.29, 1.82) is 0 Å². The van der Waals surface area contributed by atoms with Crippen LogP contribution < -0.4 is 5.32 Å². The molecule has 3 amide bonds. The molecule has 3 aliphatic heterocycles. The van der Waals surface area contributed by atoms with Crippen LogP contribution in [0.25, 0.3) is 10.9 Å². The molecule has 9 heteroatoms. The summed E-state index contributed by atoms with van der Waals surface area (Å²) in [5, 5.41) is 7.77. The van der Waals surface area contributed by atoms with Gasteiger partial charge in [0.1, 0.15) is 11.9 Å². The van der Waals surface area contributed by atoms with Crippen LogP contribution in [0.2, 0.25) is 0 Å². The van der Waals surface area contributed by atoms with E-state index in [1.54, 1.807) is 6.07 Å². The Kier molecular flexibility index (Phi) is 5.59. The quantitative estimate of drug-likeness (QED) is 0.570. The number of carbonyl (C=O) groups excluding carboxylic acids is 3. The number of hydrogen-bond donors (Lipinski definition) is 1. The normalized spacial score (nSPS) is 21.3. The SMILES string of the molecule is Cn1ncc2ccc(CN3CCC(c4cc(F)cc5c4CN(C4CCC(=O)NC4=O)C5=O)CC3)cc21. The number of hydrogen-bond acceptors (Lipinski definition) is 5. The minimum atomic E-state index is -0.697. The molecule has 2 fully saturated rings. The van der Waals surface area contributed by atoms with Gasteiger partial charge in [0.05, 0.1) is 11.7 Å². The van der Waals surface area contributed by atoms with Gasteiger partial charge in [-0.05, 0) is 73.2 Å². The molecule has 4 heterocycles. The third kappa shape index (κ3) is 3.97. The third-order valence-corrected chi connectivity index (χ3v) is 7.90. The number of nitrogens with one attached hydrogen (secondary N) is 1. The van der Waals surface area contributed by atoms with E-state index < -0.39 is 17.8 Å². The first kappa shape index (κ1) is 22.8. The van der Waals surface area contributed by atoms with E-state index in [0.717, 1.165) is 54.5 Å². The molecule has 36 heavy (non-hydrogen) atoms. The predicted octanol–water partition coefficient (Wildman–Crippen LogP) is 2.85. The molecule has 0 aliphatic carbocycles. The number of rotatable bonds is 4. The van der Waals surface area contributed by atoms with Gasteiger partial charge < -0.3 is 4.90 Å². The standard InChI is InChI=1S/C27H28FN5O3/c1-31-24-10-16(2-3-18(24)13-29-31)14-32-8-6-17(7-9-32)20-11-19(28)12-21-22(20)15-33(27(21)36)23-4-5-25(34)30-26(23)35/h2-3,10-13,17,23H,4-9,14-15H2,1H3,(H,30,34,35). The number of aryl methyl sites for hydroxylation is 1. The number of nitrogens with zero attached hydrogens (tertiary/aromatic N) is 4. The summed E-state index contributed by atoms with van der Waals surface area (Å²) in [6.07, 6.45) is 4.11. The molecular weight excluding hydrogens is 461 g/mol. The van der Waals surface area contributed by atoms with Gasteiger partial charge in [-0.3, -0.25) is 29.3 Å². The summed E-state index contributed by atoms with van der Waals surface area (Å²) in [6.45, 7) is 2.88. The molecule has 0 bridgehead atoms. The Balaban J connectivity index is 1.17. The van der Waals surface area contributed by atoms with Crippen molar-refractivity contribution in [3.63, 3.8) is 0 Å². The fraction of sp³-hybridized carbons (Fsp3) is 0.407. The topological polar surface area (TPSA) is 87.5 Å².